The van der Waals surface area contributed by atoms with Crippen LogP contribution in [0, 0.1) is 0 Å². The summed E-state index contributed by atoms with van der Waals surface area (Å²) in [6.45, 7) is 2.89. The molecule has 5 rings (SSSR count). The Morgan fingerprint density at radius 3 is 1.88 bits per heavy atom. The van der Waals surface area contributed by atoms with Gasteiger partial charge in [-0.1, -0.05) is 48.2 Å². The smallest absolute Gasteiger partial charge is 0.283 e. The number of amides is 2. The van der Waals surface area contributed by atoms with Crippen LogP contribution < -0.4 is 14.5 Å². The van der Waals surface area contributed by atoms with Crippen molar-refractivity contribution in [3.8, 4) is 5.75 Å². The fraction of sp³-hybridized carbons (Fsp3) is 0.185. The van der Waals surface area contributed by atoms with Gasteiger partial charge in [0.15, 0.2) is 0 Å². The molecule has 0 radical (unpaired) electrons. The number of carbonyl (C=O) groups is 2. The van der Waals surface area contributed by atoms with Gasteiger partial charge in [0.05, 0.1) is 12.8 Å². The summed E-state index contributed by atoms with van der Waals surface area (Å²) in [5.41, 5.74) is 2.20. The molecule has 172 valence electrons. The third-order valence-electron chi connectivity index (χ3n) is 6.03. The number of thioether (sulfide) groups is 1. The van der Waals surface area contributed by atoms with Crippen LogP contribution in [-0.2, 0) is 9.59 Å². The van der Waals surface area contributed by atoms with Crippen LogP contribution in [0.5, 0.6) is 5.75 Å². The summed E-state index contributed by atoms with van der Waals surface area (Å²) in [4.78, 5) is 34.3. The fourth-order valence-corrected chi connectivity index (χ4v) is 5.29. The van der Waals surface area contributed by atoms with E-state index < -0.39 is 0 Å². The van der Waals surface area contributed by atoms with Gasteiger partial charge >= 0.3 is 0 Å². The number of rotatable bonds is 6. The summed E-state index contributed by atoms with van der Waals surface area (Å²) in [5.74, 6) is 0.109. The molecule has 6 nitrogen and oxygen atoms in total. The van der Waals surface area contributed by atoms with Crippen LogP contribution in [0.1, 0.15) is 0 Å². The Balaban J connectivity index is 1.44. The number of hydrogen-bond acceptors (Lipinski definition) is 6. The predicted molar refractivity (Wildman–Crippen MR) is 135 cm³/mol. The van der Waals surface area contributed by atoms with Gasteiger partial charge in [0, 0.05) is 36.8 Å². The van der Waals surface area contributed by atoms with Gasteiger partial charge in [-0.2, -0.15) is 0 Å². The molecule has 2 heterocycles. The molecule has 3 aromatic rings. The van der Waals surface area contributed by atoms with E-state index in [1.54, 1.807) is 31.4 Å². The highest BCUT2D eigenvalue weighted by atomic mass is 32.2. The molecular weight excluding hydrogens is 446 g/mol. The van der Waals surface area contributed by atoms with Crippen molar-refractivity contribution in [1.29, 1.82) is 0 Å². The molecule has 0 atom stereocenters. The third-order valence-corrected chi connectivity index (χ3v) is 7.11. The lowest BCUT2D eigenvalue weighted by Crippen LogP contribution is -2.47. The van der Waals surface area contributed by atoms with Crippen molar-refractivity contribution in [2.75, 3.05) is 43.1 Å². The molecule has 0 aromatic heterocycles. The standard InChI is InChI=1S/C27H25N3O3S/c1-33-22-14-12-21(13-15-22)30-26(31)24(25(27(30)32)34-23-10-6-3-7-11-23)29-18-16-28(17-19-29)20-8-4-2-5-9-20/h2-15H,16-19H2,1H3. The van der Waals surface area contributed by atoms with E-state index in [-0.39, 0.29) is 11.8 Å². The first-order valence-corrected chi connectivity index (χ1v) is 12.0. The number of carbonyl (C=O) groups excluding carboxylic acids is 2. The van der Waals surface area contributed by atoms with Crippen LogP contribution in [-0.4, -0.2) is 50.0 Å². The Kier molecular flexibility index (Phi) is 6.27. The zero-order valence-electron chi connectivity index (χ0n) is 18.9. The van der Waals surface area contributed by atoms with E-state index in [2.05, 4.69) is 21.9 Å². The number of nitrogens with zero attached hydrogens (tertiary/aromatic N) is 3. The summed E-state index contributed by atoms with van der Waals surface area (Å²) in [7, 11) is 1.59. The molecule has 0 saturated carbocycles. The number of benzene rings is 3. The van der Waals surface area contributed by atoms with Gasteiger partial charge in [-0.05, 0) is 48.5 Å². The lowest BCUT2D eigenvalue weighted by molar-refractivity contribution is -0.121. The first-order chi connectivity index (χ1) is 16.7. The average molecular weight is 472 g/mol. The molecule has 0 N–H and O–H groups in total. The van der Waals surface area contributed by atoms with Crippen molar-refractivity contribution in [3.63, 3.8) is 0 Å². The van der Waals surface area contributed by atoms with Crippen molar-refractivity contribution in [2.24, 2.45) is 0 Å². The van der Waals surface area contributed by atoms with Crippen LogP contribution in [0.2, 0.25) is 0 Å². The molecule has 0 aliphatic carbocycles. The van der Waals surface area contributed by atoms with Crippen LogP contribution >= 0.6 is 11.8 Å². The van der Waals surface area contributed by atoms with Crippen LogP contribution in [0.4, 0.5) is 11.4 Å². The van der Waals surface area contributed by atoms with Crippen LogP contribution in [0.25, 0.3) is 0 Å². The van der Waals surface area contributed by atoms with Crippen molar-refractivity contribution < 1.29 is 14.3 Å². The Morgan fingerprint density at radius 1 is 0.676 bits per heavy atom. The first kappa shape index (κ1) is 22.1. The zero-order chi connectivity index (χ0) is 23.5. The van der Waals surface area contributed by atoms with E-state index >= 15 is 0 Å². The number of piperazine rings is 1. The van der Waals surface area contributed by atoms with Crippen molar-refractivity contribution in [1.82, 2.24) is 4.90 Å². The Morgan fingerprint density at radius 2 is 1.26 bits per heavy atom. The number of imide groups is 1. The molecule has 7 heteroatoms. The second-order valence-electron chi connectivity index (χ2n) is 8.05. The molecule has 1 saturated heterocycles. The van der Waals surface area contributed by atoms with Gasteiger partial charge in [0.2, 0.25) is 0 Å². The minimum absolute atomic E-state index is 0.276. The molecule has 2 aliphatic rings. The minimum Gasteiger partial charge on any atom is -0.497 e. The zero-order valence-corrected chi connectivity index (χ0v) is 19.7. The number of para-hydroxylation sites is 1. The van der Waals surface area contributed by atoms with Gasteiger partial charge in [-0.3, -0.25) is 9.59 Å². The lowest BCUT2D eigenvalue weighted by atomic mass is 10.2. The van der Waals surface area contributed by atoms with Gasteiger partial charge in [0.25, 0.3) is 11.8 Å². The second-order valence-corrected chi connectivity index (χ2v) is 9.13. The summed E-state index contributed by atoms with van der Waals surface area (Å²) in [6, 6.07) is 27.0. The summed E-state index contributed by atoms with van der Waals surface area (Å²) < 4.78 is 5.23. The number of ether oxygens (including phenoxy) is 1. The van der Waals surface area contributed by atoms with Crippen molar-refractivity contribution in [2.45, 2.75) is 4.90 Å². The average Bonchev–Trinajstić information content (AvgIpc) is 3.14. The second kappa shape index (κ2) is 9.65. The number of anilines is 2. The van der Waals surface area contributed by atoms with Crippen LogP contribution in [0.3, 0.4) is 0 Å². The molecule has 2 aliphatic heterocycles. The molecule has 3 aromatic carbocycles. The van der Waals surface area contributed by atoms with E-state index in [4.69, 9.17) is 4.74 Å². The minimum atomic E-state index is -0.287. The van der Waals surface area contributed by atoms with Gasteiger partial charge < -0.3 is 14.5 Å². The highest BCUT2D eigenvalue weighted by Gasteiger charge is 2.43. The van der Waals surface area contributed by atoms with E-state index in [1.165, 1.54) is 22.3 Å². The largest absolute Gasteiger partial charge is 0.497 e. The van der Waals surface area contributed by atoms with E-state index in [0.29, 0.717) is 35.1 Å². The number of hydrogen-bond donors (Lipinski definition) is 0. The van der Waals surface area contributed by atoms with Gasteiger partial charge in [-0.15, -0.1) is 0 Å². The highest BCUT2D eigenvalue weighted by molar-refractivity contribution is 8.04. The Hall–Kier alpha value is -3.71. The predicted octanol–water partition coefficient (Wildman–Crippen LogP) is 4.39. The molecule has 0 bridgehead atoms. The maximum absolute atomic E-state index is 13.7. The quantitative estimate of drug-likeness (QED) is 0.497. The first-order valence-electron chi connectivity index (χ1n) is 11.2. The van der Waals surface area contributed by atoms with Crippen molar-refractivity contribution in [3.05, 3.63) is 95.5 Å². The lowest BCUT2D eigenvalue weighted by Gasteiger charge is -2.37. The van der Waals surface area contributed by atoms with Crippen LogP contribution in [0.15, 0.2) is 100 Å². The topological polar surface area (TPSA) is 53.1 Å². The van der Waals surface area contributed by atoms with Gasteiger partial charge in [-0.25, -0.2) is 4.90 Å². The van der Waals surface area contributed by atoms with E-state index in [1.807, 2.05) is 48.5 Å². The monoisotopic (exact) mass is 471 g/mol. The summed E-state index contributed by atoms with van der Waals surface area (Å²) in [5, 5.41) is 0. The SMILES string of the molecule is COc1ccc(N2C(=O)C(Sc3ccccc3)=C(N3CCN(c4ccccc4)CC3)C2=O)cc1. The Bertz CT molecular complexity index is 1200. The molecule has 1 fully saturated rings. The maximum atomic E-state index is 13.7. The fourth-order valence-electron chi connectivity index (χ4n) is 4.27. The normalized spacial score (nSPS) is 16.4. The van der Waals surface area contributed by atoms with Gasteiger partial charge in [0.1, 0.15) is 16.4 Å². The highest BCUT2D eigenvalue weighted by Crippen LogP contribution is 2.39. The molecule has 2 amide bonds. The van der Waals surface area contributed by atoms with E-state index in [9.17, 15) is 9.59 Å². The molecular formula is C27H25N3O3S. The Labute approximate surface area is 203 Å². The molecule has 0 unspecified atom stereocenters. The third kappa shape index (κ3) is 4.26. The van der Waals surface area contributed by atoms with Crippen molar-refractivity contribution >= 4 is 35.0 Å². The summed E-state index contributed by atoms with van der Waals surface area (Å²) in [6.07, 6.45) is 0. The molecule has 34 heavy (non-hydrogen) atoms. The van der Waals surface area contributed by atoms with E-state index in [0.717, 1.165) is 18.0 Å². The molecule has 0 spiro atoms. The maximum Gasteiger partial charge on any atom is 0.283 e. The summed E-state index contributed by atoms with van der Waals surface area (Å²) >= 11 is 1.36. The number of methoxy groups -OCH3 is 1.